The summed E-state index contributed by atoms with van der Waals surface area (Å²) in [4.78, 5) is 13.3. The molecule has 1 amide bonds. The first-order valence-electron chi connectivity index (χ1n) is 5.81. The lowest BCUT2D eigenvalue weighted by Crippen LogP contribution is -2.46. The molecule has 0 saturated carbocycles. The van der Waals surface area contributed by atoms with Crippen LogP contribution in [0.3, 0.4) is 0 Å². The van der Waals surface area contributed by atoms with Crippen molar-refractivity contribution >= 4 is 18.3 Å². The van der Waals surface area contributed by atoms with Crippen molar-refractivity contribution in [1.29, 1.82) is 0 Å². The molecule has 1 heterocycles. The van der Waals surface area contributed by atoms with Crippen LogP contribution in [0.1, 0.15) is 26.7 Å². The quantitative estimate of drug-likeness (QED) is 0.846. The van der Waals surface area contributed by atoms with E-state index in [2.05, 4.69) is 5.32 Å². The van der Waals surface area contributed by atoms with E-state index in [0.717, 1.165) is 25.9 Å². The molecule has 1 N–H and O–H groups in total. The van der Waals surface area contributed by atoms with Crippen LogP contribution in [0, 0.1) is 5.92 Å². The topological polar surface area (TPSA) is 32.3 Å². The number of hydrogen-bond acceptors (Lipinski definition) is 2. The van der Waals surface area contributed by atoms with Crippen LogP contribution in [0.2, 0.25) is 0 Å². The van der Waals surface area contributed by atoms with Gasteiger partial charge in [0.2, 0.25) is 5.91 Å². The predicted octanol–water partition coefficient (Wildman–Crippen LogP) is 1.91. The van der Waals surface area contributed by atoms with Gasteiger partial charge < -0.3 is 10.2 Å². The smallest absolute Gasteiger partial charge is 0.255 e. The Kier molecular flexibility index (Phi) is 7.63. The maximum atomic E-state index is 12.4. The van der Waals surface area contributed by atoms with E-state index in [9.17, 15) is 13.6 Å². The Balaban J connectivity index is 0.00000256. The van der Waals surface area contributed by atoms with E-state index in [1.807, 2.05) is 0 Å². The zero-order chi connectivity index (χ0) is 12.1. The van der Waals surface area contributed by atoms with Gasteiger partial charge in [-0.15, -0.1) is 12.4 Å². The summed E-state index contributed by atoms with van der Waals surface area (Å²) in [6.45, 7) is 4.72. The van der Waals surface area contributed by atoms with Gasteiger partial charge in [-0.1, -0.05) is 0 Å². The summed E-state index contributed by atoms with van der Waals surface area (Å²) in [6, 6.07) is -0.156. The SMILES string of the molecule is CC(C)N(CC(F)F)C(=O)C1CCNCC1.Cl. The summed E-state index contributed by atoms with van der Waals surface area (Å²) in [7, 11) is 0. The third kappa shape index (κ3) is 5.17. The minimum Gasteiger partial charge on any atom is -0.334 e. The summed E-state index contributed by atoms with van der Waals surface area (Å²) in [5.41, 5.74) is 0. The van der Waals surface area contributed by atoms with Gasteiger partial charge in [-0.25, -0.2) is 8.78 Å². The fourth-order valence-corrected chi connectivity index (χ4v) is 2.01. The minimum atomic E-state index is -2.45. The van der Waals surface area contributed by atoms with Crippen molar-refractivity contribution in [3.05, 3.63) is 0 Å². The molecular weight excluding hydrogens is 250 g/mol. The van der Waals surface area contributed by atoms with E-state index in [0.29, 0.717) is 0 Å². The zero-order valence-corrected chi connectivity index (χ0v) is 11.1. The molecule has 0 radical (unpaired) electrons. The van der Waals surface area contributed by atoms with E-state index in [-0.39, 0.29) is 30.3 Å². The van der Waals surface area contributed by atoms with E-state index in [4.69, 9.17) is 0 Å². The molecule has 0 aromatic carbocycles. The van der Waals surface area contributed by atoms with Gasteiger partial charge in [-0.05, 0) is 39.8 Å². The van der Waals surface area contributed by atoms with Crippen LogP contribution in [0.4, 0.5) is 8.78 Å². The molecule has 102 valence electrons. The maximum Gasteiger partial charge on any atom is 0.255 e. The Morgan fingerprint density at radius 3 is 2.29 bits per heavy atom. The second-order valence-corrected chi connectivity index (χ2v) is 4.50. The lowest BCUT2D eigenvalue weighted by Gasteiger charge is -2.32. The van der Waals surface area contributed by atoms with Crippen molar-refractivity contribution in [3.63, 3.8) is 0 Å². The second-order valence-electron chi connectivity index (χ2n) is 4.50. The van der Waals surface area contributed by atoms with Crippen molar-refractivity contribution in [2.45, 2.75) is 39.2 Å². The average molecular weight is 271 g/mol. The molecule has 0 spiro atoms. The van der Waals surface area contributed by atoms with Gasteiger partial charge in [-0.3, -0.25) is 4.79 Å². The Hall–Kier alpha value is -0.420. The average Bonchev–Trinajstić information content (AvgIpc) is 2.25. The molecular formula is C11H21ClF2N2O. The van der Waals surface area contributed by atoms with E-state index in [1.165, 1.54) is 4.90 Å². The van der Waals surface area contributed by atoms with Crippen LogP contribution in [0.15, 0.2) is 0 Å². The maximum absolute atomic E-state index is 12.4. The molecule has 0 aromatic rings. The van der Waals surface area contributed by atoms with Crippen molar-refractivity contribution in [1.82, 2.24) is 10.2 Å². The van der Waals surface area contributed by atoms with Crippen molar-refractivity contribution in [2.24, 2.45) is 5.92 Å². The number of piperidine rings is 1. The molecule has 1 saturated heterocycles. The number of alkyl halides is 2. The van der Waals surface area contributed by atoms with Crippen LogP contribution in [-0.2, 0) is 4.79 Å². The number of nitrogens with one attached hydrogen (secondary N) is 1. The number of amides is 1. The molecule has 6 heteroatoms. The third-order valence-corrected chi connectivity index (χ3v) is 2.93. The molecule has 1 aliphatic heterocycles. The first-order valence-corrected chi connectivity index (χ1v) is 5.81. The van der Waals surface area contributed by atoms with Gasteiger partial charge in [0.15, 0.2) is 0 Å². The van der Waals surface area contributed by atoms with Gasteiger partial charge in [0.05, 0.1) is 6.54 Å². The number of nitrogens with zero attached hydrogens (tertiary/aromatic N) is 1. The number of hydrogen-bond donors (Lipinski definition) is 1. The normalized spacial score (nSPS) is 17.1. The third-order valence-electron chi connectivity index (χ3n) is 2.93. The molecule has 3 nitrogen and oxygen atoms in total. The highest BCUT2D eigenvalue weighted by atomic mass is 35.5. The standard InChI is InChI=1S/C11H20F2N2O.ClH/c1-8(2)15(7-10(12)13)11(16)9-3-5-14-6-4-9;/h8-10,14H,3-7H2,1-2H3;1H. The van der Waals surface area contributed by atoms with Crippen LogP contribution in [0.25, 0.3) is 0 Å². The first kappa shape index (κ1) is 16.6. The number of rotatable bonds is 4. The Morgan fingerprint density at radius 1 is 1.35 bits per heavy atom. The van der Waals surface area contributed by atoms with Crippen LogP contribution < -0.4 is 5.32 Å². The zero-order valence-electron chi connectivity index (χ0n) is 10.3. The number of carbonyl (C=O) groups is 1. The summed E-state index contributed by atoms with van der Waals surface area (Å²) in [6.07, 6.45) is -0.940. The monoisotopic (exact) mass is 270 g/mol. The molecule has 1 aliphatic rings. The highest BCUT2D eigenvalue weighted by Crippen LogP contribution is 2.17. The summed E-state index contributed by atoms with van der Waals surface area (Å²) < 4.78 is 24.7. The van der Waals surface area contributed by atoms with Gasteiger partial charge in [0.25, 0.3) is 6.43 Å². The van der Waals surface area contributed by atoms with Gasteiger partial charge in [0.1, 0.15) is 0 Å². The molecule has 0 aromatic heterocycles. The summed E-state index contributed by atoms with van der Waals surface area (Å²) in [5, 5.41) is 3.16. The summed E-state index contributed by atoms with van der Waals surface area (Å²) >= 11 is 0. The molecule has 17 heavy (non-hydrogen) atoms. The highest BCUT2D eigenvalue weighted by Gasteiger charge is 2.28. The lowest BCUT2D eigenvalue weighted by atomic mass is 9.96. The minimum absolute atomic E-state index is 0. The molecule has 1 fully saturated rings. The molecule has 0 unspecified atom stereocenters. The van der Waals surface area contributed by atoms with Gasteiger partial charge in [0, 0.05) is 12.0 Å². The largest absolute Gasteiger partial charge is 0.334 e. The predicted molar refractivity (Wildman–Crippen MR) is 65.7 cm³/mol. The molecule has 0 atom stereocenters. The molecule has 0 bridgehead atoms. The van der Waals surface area contributed by atoms with Gasteiger partial charge >= 0.3 is 0 Å². The van der Waals surface area contributed by atoms with Crippen LogP contribution in [-0.4, -0.2) is 42.9 Å². The highest BCUT2D eigenvalue weighted by molar-refractivity contribution is 5.85. The van der Waals surface area contributed by atoms with Crippen LogP contribution >= 0.6 is 12.4 Å². The van der Waals surface area contributed by atoms with Crippen LogP contribution in [0.5, 0.6) is 0 Å². The van der Waals surface area contributed by atoms with E-state index >= 15 is 0 Å². The molecule has 0 aliphatic carbocycles. The number of carbonyl (C=O) groups excluding carboxylic acids is 1. The first-order chi connectivity index (χ1) is 7.52. The lowest BCUT2D eigenvalue weighted by molar-refractivity contribution is -0.140. The van der Waals surface area contributed by atoms with E-state index in [1.54, 1.807) is 13.8 Å². The fraction of sp³-hybridized carbons (Fsp3) is 0.909. The van der Waals surface area contributed by atoms with Crippen molar-refractivity contribution < 1.29 is 13.6 Å². The molecule has 1 rings (SSSR count). The Labute approximate surface area is 107 Å². The van der Waals surface area contributed by atoms with Gasteiger partial charge in [-0.2, -0.15) is 0 Å². The summed E-state index contributed by atoms with van der Waals surface area (Å²) in [5.74, 6) is -0.195. The number of halogens is 3. The van der Waals surface area contributed by atoms with Crippen molar-refractivity contribution in [3.8, 4) is 0 Å². The second kappa shape index (κ2) is 7.82. The fourth-order valence-electron chi connectivity index (χ4n) is 2.01. The Bertz CT molecular complexity index is 234. The van der Waals surface area contributed by atoms with Crippen molar-refractivity contribution in [2.75, 3.05) is 19.6 Å². The van der Waals surface area contributed by atoms with E-state index < -0.39 is 13.0 Å². The Morgan fingerprint density at radius 2 is 1.88 bits per heavy atom.